The molecular formula is C14H21ClOS. The van der Waals surface area contributed by atoms with Crippen LogP contribution in [0.4, 0.5) is 0 Å². The minimum absolute atomic E-state index is 0.188. The van der Waals surface area contributed by atoms with Gasteiger partial charge >= 0.3 is 0 Å². The predicted octanol–water partition coefficient (Wildman–Crippen LogP) is 4.67. The minimum atomic E-state index is -0.188. The molecule has 1 unspecified atom stereocenters. The lowest BCUT2D eigenvalue weighted by Gasteiger charge is -2.22. The Morgan fingerprint density at radius 2 is 2.06 bits per heavy atom. The van der Waals surface area contributed by atoms with Crippen molar-refractivity contribution >= 4 is 22.9 Å². The fourth-order valence-electron chi connectivity index (χ4n) is 2.70. The van der Waals surface area contributed by atoms with Crippen molar-refractivity contribution in [2.24, 2.45) is 5.92 Å². The van der Waals surface area contributed by atoms with Crippen molar-refractivity contribution in [2.45, 2.75) is 57.5 Å². The minimum Gasteiger partial charge on any atom is -0.393 e. The quantitative estimate of drug-likeness (QED) is 0.826. The lowest BCUT2D eigenvalue weighted by atomic mass is 9.85. The number of hydrogen-bond donors (Lipinski definition) is 1. The van der Waals surface area contributed by atoms with Crippen molar-refractivity contribution < 1.29 is 5.11 Å². The third-order valence-corrected chi connectivity index (χ3v) is 4.95. The molecule has 1 aromatic heterocycles. The maximum absolute atomic E-state index is 10.0. The number of aliphatic hydroxyl groups is 1. The summed E-state index contributed by atoms with van der Waals surface area (Å²) in [5, 5.41) is 10.0. The first-order chi connectivity index (χ1) is 8.24. The Bertz CT molecular complexity index is 331. The van der Waals surface area contributed by atoms with Crippen molar-refractivity contribution in [2.75, 3.05) is 0 Å². The highest BCUT2D eigenvalue weighted by atomic mass is 35.5. The fraction of sp³-hybridized carbons (Fsp3) is 0.714. The van der Waals surface area contributed by atoms with Crippen LogP contribution >= 0.6 is 22.9 Å². The fourth-order valence-corrected chi connectivity index (χ4v) is 3.86. The summed E-state index contributed by atoms with van der Waals surface area (Å²) in [4.78, 5) is 1.20. The zero-order valence-electron chi connectivity index (χ0n) is 10.2. The predicted molar refractivity (Wildman–Crippen MR) is 74.8 cm³/mol. The summed E-state index contributed by atoms with van der Waals surface area (Å²) in [6.45, 7) is 0. The smallest absolute Gasteiger partial charge is 0.0931 e. The molecule has 17 heavy (non-hydrogen) atoms. The van der Waals surface area contributed by atoms with Crippen molar-refractivity contribution in [3.63, 3.8) is 0 Å². The molecule has 0 radical (unpaired) electrons. The Labute approximate surface area is 113 Å². The summed E-state index contributed by atoms with van der Waals surface area (Å²) < 4.78 is 0.819. The number of rotatable bonds is 5. The van der Waals surface area contributed by atoms with Gasteiger partial charge in [-0.05, 0) is 30.9 Å². The van der Waals surface area contributed by atoms with E-state index in [1.54, 1.807) is 11.3 Å². The summed E-state index contributed by atoms with van der Waals surface area (Å²) in [7, 11) is 0. The Hall–Kier alpha value is -0.0500. The van der Waals surface area contributed by atoms with Gasteiger partial charge in [0.15, 0.2) is 0 Å². The van der Waals surface area contributed by atoms with Gasteiger partial charge in [-0.2, -0.15) is 0 Å². The maximum atomic E-state index is 10.0. The van der Waals surface area contributed by atoms with Crippen LogP contribution < -0.4 is 0 Å². The Morgan fingerprint density at radius 3 is 2.71 bits per heavy atom. The van der Waals surface area contributed by atoms with E-state index >= 15 is 0 Å². The van der Waals surface area contributed by atoms with Crippen LogP contribution in [-0.2, 0) is 6.42 Å². The number of aliphatic hydroxyl groups excluding tert-OH is 1. The van der Waals surface area contributed by atoms with Crippen LogP contribution in [0.15, 0.2) is 12.1 Å². The van der Waals surface area contributed by atoms with Crippen LogP contribution in [0.25, 0.3) is 0 Å². The van der Waals surface area contributed by atoms with E-state index in [0.29, 0.717) is 0 Å². The van der Waals surface area contributed by atoms with Gasteiger partial charge in [0, 0.05) is 11.3 Å². The van der Waals surface area contributed by atoms with Crippen LogP contribution in [0.3, 0.4) is 0 Å². The average Bonchev–Trinajstić information content (AvgIpc) is 2.73. The van der Waals surface area contributed by atoms with E-state index in [0.717, 1.165) is 23.1 Å². The third-order valence-electron chi connectivity index (χ3n) is 3.70. The summed E-state index contributed by atoms with van der Waals surface area (Å²) in [5.41, 5.74) is 0. The van der Waals surface area contributed by atoms with Crippen LogP contribution in [0, 0.1) is 5.92 Å². The lowest BCUT2D eigenvalue weighted by molar-refractivity contribution is 0.150. The van der Waals surface area contributed by atoms with Gasteiger partial charge in [-0.1, -0.05) is 43.7 Å². The van der Waals surface area contributed by atoms with Crippen molar-refractivity contribution in [1.82, 2.24) is 0 Å². The molecule has 1 aliphatic carbocycles. The van der Waals surface area contributed by atoms with E-state index < -0.39 is 0 Å². The van der Waals surface area contributed by atoms with E-state index in [-0.39, 0.29) is 6.10 Å². The van der Waals surface area contributed by atoms with Gasteiger partial charge < -0.3 is 5.11 Å². The molecular weight excluding hydrogens is 252 g/mol. The molecule has 1 saturated carbocycles. The molecule has 0 aromatic carbocycles. The van der Waals surface area contributed by atoms with Gasteiger partial charge in [0.25, 0.3) is 0 Å². The molecule has 0 bridgehead atoms. The average molecular weight is 273 g/mol. The summed E-state index contributed by atoms with van der Waals surface area (Å²) >= 11 is 7.46. The highest BCUT2D eigenvalue weighted by molar-refractivity contribution is 7.16. The molecule has 0 aliphatic heterocycles. The lowest BCUT2D eigenvalue weighted by Crippen LogP contribution is -2.14. The van der Waals surface area contributed by atoms with E-state index in [9.17, 15) is 5.11 Å². The molecule has 0 spiro atoms. The van der Waals surface area contributed by atoms with Crippen molar-refractivity contribution in [3.05, 3.63) is 21.3 Å². The molecule has 0 saturated heterocycles. The van der Waals surface area contributed by atoms with Crippen LogP contribution in [0.5, 0.6) is 0 Å². The molecule has 1 aliphatic rings. The van der Waals surface area contributed by atoms with Crippen molar-refractivity contribution in [3.8, 4) is 0 Å². The summed E-state index contributed by atoms with van der Waals surface area (Å²) in [6.07, 6.45) is 9.65. The molecule has 1 atom stereocenters. The van der Waals surface area contributed by atoms with E-state index in [1.165, 1.54) is 43.4 Å². The van der Waals surface area contributed by atoms with Crippen LogP contribution in [-0.4, -0.2) is 11.2 Å². The van der Waals surface area contributed by atoms with Crippen LogP contribution in [0.1, 0.15) is 49.8 Å². The highest BCUT2D eigenvalue weighted by Crippen LogP contribution is 2.29. The Morgan fingerprint density at radius 1 is 1.29 bits per heavy atom. The molecule has 1 aromatic rings. The Balaban J connectivity index is 1.68. The second-order valence-electron chi connectivity index (χ2n) is 5.15. The molecule has 96 valence electrons. The molecule has 3 heteroatoms. The number of halogens is 1. The molecule has 1 nitrogen and oxygen atoms in total. The standard InChI is InChI=1S/C14H21ClOS/c15-14-9-8-13(17-14)10-12(16)7-6-11-4-2-1-3-5-11/h8-9,11-12,16H,1-7,10H2. The first-order valence-corrected chi connectivity index (χ1v) is 7.86. The largest absolute Gasteiger partial charge is 0.393 e. The van der Waals surface area contributed by atoms with Gasteiger partial charge in [-0.15, -0.1) is 11.3 Å². The monoisotopic (exact) mass is 272 g/mol. The highest BCUT2D eigenvalue weighted by Gasteiger charge is 2.15. The van der Waals surface area contributed by atoms with Crippen molar-refractivity contribution in [1.29, 1.82) is 0 Å². The molecule has 2 rings (SSSR count). The zero-order chi connectivity index (χ0) is 12.1. The number of thiophene rings is 1. The third kappa shape index (κ3) is 4.61. The second kappa shape index (κ2) is 6.77. The summed E-state index contributed by atoms with van der Waals surface area (Å²) in [6, 6.07) is 3.94. The van der Waals surface area contributed by atoms with E-state index in [2.05, 4.69) is 0 Å². The van der Waals surface area contributed by atoms with E-state index in [1.807, 2.05) is 12.1 Å². The summed E-state index contributed by atoms with van der Waals surface area (Å²) in [5.74, 6) is 0.866. The topological polar surface area (TPSA) is 20.2 Å². The number of hydrogen-bond acceptors (Lipinski definition) is 2. The SMILES string of the molecule is OC(CCC1CCCCC1)Cc1ccc(Cl)s1. The molecule has 0 amide bonds. The normalized spacial score (nSPS) is 19.4. The van der Waals surface area contributed by atoms with Gasteiger partial charge in [0.05, 0.1) is 10.4 Å². The molecule has 1 heterocycles. The first kappa shape index (κ1) is 13.4. The Kier molecular flexibility index (Phi) is 5.33. The van der Waals surface area contributed by atoms with Gasteiger partial charge in [-0.25, -0.2) is 0 Å². The van der Waals surface area contributed by atoms with Crippen LogP contribution in [0.2, 0.25) is 4.34 Å². The van der Waals surface area contributed by atoms with Gasteiger partial charge in [0.1, 0.15) is 0 Å². The molecule has 1 N–H and O–H groups in total. The first-order valence-electron chi connectivity index (χ1n) is 6.66. The maximum Gasteiger partial charge on any atom is 0.0931 e. The van der Waals surface area contributed by atoms with E-state index in [4.69, 9.17) is 11.6 Å². The molecule has 1 fully saturated rings. The zero-order valence-corrected chi connectivity index (χ0v) is 11.8. The van der Waals surface area contributed by atoms with Gasteiger partial charge in [0.2, 0.25) is 0 Å². The second-order valence-corrected chi connectivity index (χ2v) is 6.94. The van der Waals surface area contributed by atoms with Gasteiger partial charge in [-0.3, -0.25) is 0 Å².